The number of ether oxygens (including phenoxy) is 1. The number of thioether (sulfide) groups is 1. The molecule has 8 nitrogen and oxygen atoms in total. The molecule has 1 aromatic carbocycles. The van der Waals surface area contributed by atoms with E-state index in [1.807, 2.05) is 24.5 Å². The number of amides is 2. The fourth-order valence-corrected chi connectivity index (χ4v) is 3.33. The number of aromatic nitrogens is 2. The number of nitrogens with two attached hydrogens (primary N) is 1. The van der Waals surface area contributed by atoms with Gasteiger partial charge in [0.25, 0.3) is 0 Å². The Hall–Kier alpha value is -2.65. The highest BCUT2D eigenvalue weighted by Gasteiger charge is 2.34. The van der Waals surface area contributed by atoms with E-state index in [1.165, 1.54) is 13.8 Å². The van der Waals surface area contributed by atoms with E-state index in [0.717, 1.165) is 35.9 Å². The molecule has 160 valence electrons. The third-order valence-electron chi connectivity index (χ3n) is 4.98. The van der Waals surface area contributed by atoms with Gasteiger partial charge in [0.15, 0.2) is 5.82 Å². The molecule has 0 aliphatic carbocycles. The molecule has 1 fully saturated rings. The Kier molecular flexibility index (Phi) is 6.94. The van der Waals surface area contributed by atoms with Crippen molar-refractivity contribution < 1.29 is 14.3 Å². The van der Waals surface area contributed by atoms with Crippen molar-refractivity contribution in [1.82, 2.24) is 9.97 Å². The number of benzene rings is 1. The van der Waals surface area contributed by atoms with Crippen molar-refractivity contribution in [1.29, 1.82) is 0 Å². The van der Waals surface area contributed by atoms with Crippen LogP contribution < -0.4 is 16.0 Å². The van der Waals surface area contributed by atoms with Gasteiger partial charge in [-0.15, -0.1) is 0 Å². The lowest BCUT2D eigenvalue weighted by atomic mass is 9.91. The summed E-state index contributed by atoms with van der Waals surface area (Å²) >= 11 is 1.71. The van der Waals surface area contributed by atoms with Crippen LogP contribution in [0.15, 0.2) is 30.3 Å². The Morgan fingerprint density at radius 1 is 1.20 bits per heavy atom. The standard InChI is InChI=1S/C21H27N5O3S/c1-21(2,19(22)27)20(28)24-15-6-4-14(5-7-15)18-23-16(13-30-3)12-17(25-18)26-8-10-29-11-9-26/h4-7,12H,8-11,13H2,1-3H3,(H2,22,27)(H,24,28). The maximum absolute atomic E-state index is 12.3. The number of hydrogen-bond donors (Lipinski definition) is 2. The number of anilines is 2. The Bertz CT molecular complexity index is 911. The highest BCUT2D eigenvalue weighted by Crippen LogP contribution is 2.25. The van der Waals surface area contributed by atoms with Crippen molar-refractivity contribution in [3.63, 3.8) is 0 Å². The minimum Gasteiger partial charge on any atom is -0.378 e. The van der Waals surface area contributed by atoms with Crippen molar-refractivity contribution in [2.45, 2.75) is 19.6 Å². The van der Waals surface area contributed by atoms with Crippen molar-refractivity contribution in [3.8, 4) is 11.4 Å². The van der Waals surface area contributed by atoms with E-state index < -0.39 is 17.2 Å². The van der Waals surface area contributed by atoms with E-state index in [-0.39, 0.29) is 0 Å². The Morgan fingerprint density at radius 3 is 2.47 bits per heavy atom. The minimum absolute atomic E-state index is 0.449. The van der Waals surface area contributed by atoms with Crippen LogP contribution in [0.2, 0.25) is 0 Å². The minimum atomic E-state index is -1.29. The number of carbonyl (C=O) groups is 2. The fourth-order valence-electron chi connectivity index (χ4n) is 2.89. The lowest BCUT2D eigenvalue weighted by Crippen LogP contribution is -2.42. The van der Waals surface area contributed by atoms with Gasteiger partial charge < -0.3 is 20.7 Å². The quantitative estimate of drug-likeness (QED) is 0.650. The number of primary amides is 1. The van der Waals surface area contributed by atoms with Crippen molar-refractivity contribution in [2.24, 2.45) is 11.1 Å². The van der Waals surface area contributed by atoms with Crippen molar-refractivity contribution in [3.05, 3.63) is 36.0 Å². The third kappa shape index (κ3) is 5.09. The van der Waals surface area contributed by atoms with Gasteiger partial charge in [-0.2, -0.15) is 11.8 Å². The molecule has 0 bridgehead atoms. The molecule has 1 aliphatic rings. The SMILES string of the molecule is CSCc1cc(N2CCOCC2)nc(-c2ccc(NC(=O)C(C)(C)C(N)=O)cc2)n1. The second-order valence-electron chi connectivity index (χ2n) is 7.59. The van der Waals surface area contributed by atoms with Gasteiger partial charge in [-0.1, -0.05) is 0 Å². The van der Waals surface area contributed by atoms with Gasteiger partial charge in [0, 0.05) is 36.2 Å². The predicted molar refractivity (Wildman–Crippen MR) is 119 cm³/mol. The van der Waals surface area contributed by atoms with Crippen LogP contribution in [0.5, 0.6) is 0 Å². The molecule has 1 aliphatic heterocycles. The van der Waals surface area contributed by atoms with E-state index in [2.05, 4.69) is 10.2 Å². The second kappa shape index (κ2) is 9.44. The first-order valence-corrected chi connectivity index (χ1v) is 11.1. The van der Waals surface area contributed by atoms with Crippen LogP contribution in [0.4, 0.5) is 11.5 Å². The molecular formula is C21H27N5O3S. The lowest BCUT2D eigenvalue weighted by molar-refractivity contribution is -0.136. The van der Waals surface area contributed by atoms with E-state index in [4.69, 9.17) is 20.4 Å². The summed E-state index contributed by atoms with van der Waals surface area (Å²) in [7, 11) is 0. The molecule has 2 aromatic rings. The molecule has 0 saturated carbocycles. The zero-order valence-corrected chi connectivity index (χ0v) is 18.3. The predicted octanol–water partition coefficient (Wildman–Crippen LogP) is 2.29. The normalized spacial score (nSPS) is 14.4. The molecule has 2 amide bonds. The van der Waals surface area contributed by atoms with Crippen LogP contribution in [0.3, 0.4) is 0 Å². The monoisotopic (exact) mass is 429 g/mol. The average Bonchev–Trinajstić information content (AvgIpc) is 2.74. The number of carbonyl (C=O) groups excluding carboxylic acids is 2. The Balaban J connectivity index is 1.83. The molecule has 0 atom stereocenters. The van der Waals surface area contributed by atoms with Gasteiger partial charge in [-0.25, -0.2) is 9.97 Å². The van der Waals surface area contributed by atoms with Gasteiger partial charge in [-0.3, -0.25) is 9.59 Å². The fraction of sp³-hybridized carbons (Fsp3) is 0.429. The van der Waals surface area contributed by atoms with Gasteiger partial charge in [0.05, 0.1) is 18.9 Å². The third-order valence-corrected chi connectivity index (χ3v) is 5.56. The maximum Gasteiger partial charge on any atom is 0.239 e. The molecular weight excluding hydrogens is 402 g/mol. The molecule has 30 heavy (non-hydrogen) atoms. The molecule has 9 heteroatoms. The first-order chi connectivity index (χ1) is 14.3. The molecule has 1 aromatic heterocycles. The van der Waals surface area contributed by atoms with Crippen LogP contribution >= 0.6 is 11.8 Å². The summed E-state index contributed by atoms with van der Waals surface area (Å²) < 4.78 is 5.44. The number of nitrogens with one attached hydrogen (secondary N) is 1. The summed E-state index contributed by atoms with van der Waals surface area (Å²) in [6, 6.07) is 9.28. The first kappa shape index (κ1) is 22.0. The highest BCUT2D eigenvalue weighted by molar-refractivity contribution is 7.97. The second-order valence-corrected chi connectivity index (χ2v) is 8.46. The maximum atomic E-state index is 12.3. The van der Waals surface area contributed by atoms with E-state index in [1.54, 1.807) is 23.9 Å². The summed E-state index contributed by atoms with van der Waals surface area (Å²) in [6.07, 6.45) is 2.04. The van der Waals surface area contributed by atoms with E-state index >= 15 is 0 Å². The van der Waals surface area contributed by atoms with Gasteiger partial charge >= 0.3 is 0 Å². The van der Waals surface area contributed by atoms with Crippen LogP contribution in [-0.2, 0) is 20.1 Å². The van der Waals surface area contributed by atoms with Gasteiger partial charge in [-0.05, 0) is 44.4 Å². The molecule has 3 N–H and O–H groups in total. The summed E-state index contributed by atoms with van der Waals surface area (Å²) in [5, 5.41) is 2.73. The largest absolute Gasteiger partial charge is 0.378 e. The summed E-state index contributed by atoms with van der Waals surface area (Å²) in [5.41, 5.74) is 6.41. The molecule has 2 heterocycles. The van der Waals surface area contributed by atoms with Gasteiger partial charge in [0.1, 0.15) is 11.2 Å². The van der Waals surface area contributed by atoms with Crippen molar-refractivity contribution >= 4 is 35.1 Å². The number of hydrogen-bond acceptors (Lipinski definition) is 7. The van der Waals surface area contributed by atoms with Crippen molar-refractivity contribution in [2.75, 3.05) is 42.8 Å². The number of nitrogens with zero attached hydrogens (tertiary/aromatic N) is 3. The first-order valence-electron chi connectivity index (χ1n) is 9.72. The zero-order valence-electron chi connectivity index (χ0n) is 17.5. The Labute approximate surface area is 180 Å². The molecule has 1 saturated heterocycles. The molecule has 3 rings (SSSR count). The summed E-state index contributed by atoms with van der Waals surface area (Å²) in [6.45, 7) is 5.97. The highest BCUT2D eigenvalue weighted by atomic mass is 32.2. The zero-order chi connectivity index (χ0) is 21.7. The van der Waals surface area contributed by atoms with E-state index in [0.29, 0.717) is 24.7 Å². The summed E-state index contributed by atoms with van der Waals surface area (Å²) in [4.78, 5) is 35.5. The summed E-state index contributed by atoms with van der Waals surface area (Å²) in [5.74, 6) is 1.21. The van der Waals surface area contributed by atoms with Crippen LogP contribution in [-0.4, -0.2) is 54.3 Å². The van der Waals surface area contributed by atoms with Gasteiger partial charge in [0.2, 0.25) is 11.8 Å². The van der Waals surface area contributed by atoms with Crippen LogP contribution in [0.25, 0.3) is 11.4 Å². The molecule has 0 unspecified atom stereocenters. The Morgan fingerprint density at radius 2 is 1.87 bits per heavy atom. The van der Waals surface area contributed by atoms with Crippen LogP contribution in [0.1, 0.15) is 19.5 Å². The lowest BCUT2D eigenvalue weighted by Gasteiger charge is -2.28. The molecule has 0 radical (unpaired) electrons. The average molecular weight is 430 g/mol. The smallest absolute Gasteiger partial charge is 0.239 e. The van der Waals surface area contributed by atoms with Crippen LogP contribution in [0, 0.1) is 5.41 Å². The number of morpholine rings is 1. The topological polar surface area (TPSA) is 110 Å². The number of rotatable bonds is 7. The molecule has 0 spiro atoms. The van der Waals surface area contributed by atoms with E-state index in [9.17, 15) is 9.59 Å².